The van der Waals surface area contributed by atoms with Crippen molar-refractivity contribution in [3.05, 3.63) is 35.4 Å². The van der Waals surface area contributed by atoms with Crippen molar-refractivity contribution in [2.45, 2.75) is 27.2 Å². The predicted octanol–water partition coefficient (Wildman–Crippen LogP) is 3.80. The van der Waals surface area contributed by atoms with Gasteiger partial charge in [0.25, 0.3) is 0 Å². The van der Waals surface area contributed by atoms with E-state index in [1.807, 2.05) is 26.0 Å². The van der Waals surface area contributed by atoms with Crippen LogP contribution in [0.4, 0.5) is 0 Å². The van der Waals surface area contributed by atoms with Crippen LogP contribution in [-0.4, -0.2) is 19.4 Å². The lowest BCUT2D eigenvalue weighted by atomic mass is 10.1. The minimum absolute atomic E-state index is 0.425. The molecule has 1 atom stereocenters. The Hall–Kier alpha value is -0.630. The second-order valence-corrected chi connectivity index (χ2v) is 6.29. The quantitative estimate of drug-likeness (QED) is 0.696. The monoisotopic (exact) mass is 256 g/mol. The van der Waals surface area contributed by atoms with Gasteiger partial charge < -0.3 is 9.05 Å². The first kappa shape index (κ1) is 14.4. The van der Waals surface area contributed by atoms with E-state index in [4.69, 9.17) is 9.05 Å². The molecule has 0 amide bonds. The summed E-state index contributed by atoms with van der Waals surface area (Å²) >= 11 is 0. The Kier molecular flexibility index (Phi) is 5.90. The lowest BCUT2D eigenvalue weighted by Crippen LogP contribution is -2.02. The number of hydrogen-bond donors (Lipinski definition) is 0. The zero-order valence-electron chi connectivity index (χ0n) is 10.8. The normalized spacial score (nSPS) is 14.5. The molecule has 3 nitrogen and oxygen atoms in total. The highest BCUT2D eigenvalue weighted by Crippen LogP contribution is 2.47. The molecule has 0 fully saturated rings. The molecule has 0 heterocycles. The van der Waals surface area contributed by atoms with E-state index in [2.05, 4.69) is 19.1 Å². The van der Waals surface area contributed by atoms with Crippen LogP contribution in [0.3, 0.4) is 0 Å². The molecule has 96 valence electrons. The largest absolute Gasteiger partial charge is 0.330 e. The van der Waals surface area contributed by atoms with Crippen molar-refractivity contribution >= 4 is 7.60 Å². The average Bonchev–Trinajstić information content (AvgIpc) is 2.29. The van der Waals surface area contributed by atoms with Gasteiger partial charge in [-0.25, -0.2) is 0 Å². The maximum atomic E-state index is 12.0. The third-order valence-electron chi connectivity index (χ3n) is 2.47. The van der Waals surface area contributed by atoms with Crippen molar-refractivity contribution in [3.8, 4) is 0 Å². The molecule has 0 aliphatic rings. The molecule has 1 rings (SSSR count). The summed E-state index contributed by atoms with van der Waals surface area (Å²) in [4.78, 5) is 0. The zero-order chi connectivity index (χ0) is 12.7. The summed E-state index contributed by atoms with van der Waals surface area (Å²) in [5.74, 6) is 0. The molecule has 0 aromatic heterocycles. The second kappa shape index (κ2) is 6.95. The van der Waals surface area contributed by atoms with Crippen LogP contribution in [-0.2, 0) is 20.0 Å². The second-order valence-electron chi connectivity index (χ2n) is 3.92. The lowest BCUT2D eigenvalue weighted by Gasteiger charge is -2.15. The van der Waals surface area contributed by atoms with Gasteiger partial charge in [-0.3, -0.25) is 4.57 Å². The van der Waals surface area contributed by atoms with E-state index in [9.17, 15) is 4.57 Å². The lowest BCUT2D eigenvalue weighted by molar-refractivity contribution is 0.214. The van der Waals surface area contributed by atoms with Crippen molar-refractivity contribution in [1.82, 2.24) is 0 Å². The van der Waals surface area contributed by atoms with E-state index in [0.29, 0.717) is 19.4 Å². The van der Waals surface area contributed by atoms with Crippen LogP contribution < -0.4 is 0 Å². The highest BCUT2D eigenvalue weighted by Gasteiger charge is 2.20. The molecule has 0 bridgehead atoms. The molecule has 0 radical (unpaired) electrons. The van der Waals surface area contributed by atoms with Gasteiger partial charge in [-0.1, -0.05) is 36.8 Å². The first-order valence-electron chi connectivity index (χ1n) is 6.03. The van der Waals surface area contributed by atoms with Gasteiger partial charge in [0.2, 0.25) is 0 Å². The Bertz CT molecular complexity index is 390. The Labute approximate surface area is 104 Å². The van der Waals surface area contributed by atoms with E-state index < -0.39 is 7.60 Å². The number of aryl methyl sites for hydroxylation is 1. The fourth-order valence-electron chi connectivity index (χ4n) is 1.59. The van der Waals surface area contributed by atoms with Crippen molar-refractivity contribution in [1.29, 1.82) is 0 Å². The zero-order valence-corrected chi connectivity index (χ0v) is 11.7. The van der Waals surface area contributed by atoms with Crippen molar-refractivity contribution in [3.63, 3.8) is 0 Å². The molecule has 1 aromatic carbocycles. The molecule has 4 heteroatoms. The average molecular weight is 256 g/mol. The standard InChI is InChI=1S/C13H21O3P/c1-4-15-17(14,5-2)16-10-9-13-8-6-7-12(3)11-13/h6-8,11H,4-5,9-10H2,1-3H3. The third-order valence-corrected chi connectivity index (χ3v) is 4.48. The molecule has 0 saturated carbocycles. The number of rotatable bonds is 7. The Morgan fingerprint density at radius 1 is 1.24 bits per heavy atom. The first-order valence-corrected chi connectivity index (χ1v) is 7.76. The summed E-state index contributed by atoms with van der Waals surface area (Å²) in [5, 5.41) is 0. The minimum atomic E-state index is -2.85. The third kappa shape index (κ3) is 5.03. The van der Waals surface area contributed by atoms with Gasteiger partial charge in [0, 0.05) is 6.16 Å². The Morgan fingerprint density at radius 2 is 2.00 bits per heavy atom. The van der Waals surface area contributed by atoms with Crippen molar-refractivity contribution in [2.75, 3.05) is 19.4 Å². The van der Waals surface area contributed by atoms with Gasteiger partial charge in [-0.2, -0.15) is 0 Å². The summed E-state index contributed by atoms with van der Waals surface area (Å²) in [6, 6.07) is 8.24. The number of benzene rings is 1. The van der Waals surface area contributed by atoms with Crippen LogP contribution in [0.15, 0.2) is 24.3 Å². The molecule has 0 N–H and O–H groups in total. The van der Waals surface area contributed by atoms with Gasteiger partial charge in [0.05, 0.1) is 13.2 Å². The minimum Gasteiger partial charge on any atom is -0.309 e. The Balaban J connectivity index is 2.44. The van der Waals surface area contributed by atoms with Gasteiger partial charge in [0.15, 0.2) is 0 Å². The molecule has 0 aliphatic carbocycles. The summed E-state index contributed by atoms with van der Waals surface area (Å²) in [7, 11) is -2.85. The highest BCUT2D eigenvalue weighted by molar-refractivity contribution is 7.53. The fourth-order valence-corrected chi connectivity index (χ4v) is 2.79. The summed E-state index contributed by atoms with van der Waals surface area (Å²) < 4.78 is 22.6. The molecular formula is C13H21O3P. The molecule has 0 saturated heterocycles. The molecule has 17 heavy (non-hydrogen) atoms. The van der Waals surface area contributed by atoms with Crippen LogP contribution >= 0.6 is 7.60 Å². The molecular weight excluding hydrogens is 235 g/mol. The van der Waals surface area contributed by atoms with Gasteiger partial charge in [-0.15, -0.1) is 0 Å². The number of hydrogen-bond acceptors (Lipinski definition) is 3. The van der Waals surface area contributed by atoms with Crippen LogP contribution in [0.5, 0.6) is 0 Å². The highest BCUT2D eigenvalue weighted by atomic mass is 31.2. The maximum absolute atomic E-state index is 12.0. The Morgan fingerprint density at radius 3 is 2.59 bits per heavy atom. The summed E-state index contributed by atoms with van der Waals surface area (Å²) in [5.41, 5.74) is 2.43. The SMILES string of the molecule is CCOP(=O)(CC)OCCc1cccc(C)c1. The van der Waals surface area contributed by atoms with Crippen LogP contribution in [0, 0.1) is 6.92 Å². The van der Waals surface area contributed by atoms with Gasteiger partial charge >= 0.3 is 7.60 Å². The van der Waals surface area contributed by atoms with Crippen molar-refractivity contribution < 1.29 is 13.6 Å². The molecule has 0 spiro atoms. The smallest absolute Gasteiger partial charge is 0.309 e. The first-order chi connectivity index (χ1) is 8.09. The molecule has 0 aliphatic heterocycles. The van der Waals surface area contributed by atoms with E-state index in [-0.39, 0.29) is 0 Å². The topological polar surface area (TPSA) is 35.5 Å². The van der Waals surface area contributed by atoms with E-state index in [1.54, 1.807) is 0 Å². The predicted molar refractivity (Wildman–Crippen MR) is 70.6 cm³/mol. The fraction of sp³-hybridized carbons (Fsp3) is 0.538. The summed E-state index contributed by atoms with van der Waals surface area (Å²) in [6.07, 6.45) is 1.19. The maximum Gasteiger partial charge on any atom is 0.330 e. The van der Waals surface area contributed by atoms with Crippen LogP contribution in [0.1, 0.15) is 25.0 Å². The molecule has 1 unspecified atom stereocenters. The van der Waals surface area contributed by atoms with Gasteiger partial charge in [-0.05, 0) is 25.8 Å². The van der Waals surface area contributed by atoms with E-state index >= 15 is 0 Å². The van der Waals surface area contributed by atoms with E-state index in [1.165, 1.54) is 11.1 Å². The van der Waals surface area contributed by atoms with E-state index in [0.717, 1.165) is 6.42 Å². The molecule has 1 aromatic rings. The van der Waals surface area contributed by atoms with Crippen molar-refractivity contribution in [2.24, 2.45) is 0 Å². The van der Waals surface area contributed by atoms with Crippen LogP contribution in [0.2, 0.25) is 0 Å². The van der Waals surface area contributed by atoms with Crippen LogP contribution in [0.25, 0.3) is 0 Å². The van der Waals surface area contributed by atoms with Gasteiger partial charge in [0.1, 0.15) is 0 Å². The summed E-state index contributed by atoms with van der Waals surface area (Å²) in [6.45, 7) is 6.57.